The predicted octanol–water partition coefficient (Wildman–Crippen LogP) is 2.32. The van der Waals surface area contributed by atoms with Crippen LogP contribution in [0.4, 0.5) is 0 Å². The Morgan fingerprint density at radius 3 is 2.53 bits per heavy atom. The van der Waals surface area contributed by atoms with Crippen LogP contribution in [-0.4, -0.2) is 55.0 Å². The van der Waals surface area contributed by atoms with E-state index in [1.54, 1.807) is 6.20 Å². The zero-order valence-corrected chi connectivity index (χ0v) is 17.8. The Morgan fingerprint density at radius 2 is 1.83 bits per heavy atom. The van der Waals surface area contributed by atoms with Crippen LogP contribution in [0.2, 0.25) is 0 Å². The molecule has 4 heterocycles. The van der Waals surface area contributed by atoms with Gasteiger partial charge in [-0.1, -0.05) is 0 Å². The van der Waals surface area contributed by atoms with Gasteiger partial charge in [-0.05, 0) is 50.1 Å². The molecule has 2 aliphatic heterocycles. The van der Waals surface area contributed by atoms with Crippen LogP contribution in [0.3, 0.4) is 0 Å². The van der Waals surface area contributed by atoms with Crippen LogP contribution in [0.1, 0.15) is 46.5 Å². The quantitative estimate of drug-likeness (QED) is 0.693. The summed E-state index contributed by atoms with van der Waals surface area (Å²) >= 11 is 0. The van der Waals surface area contributed by atoms with Crippen LogP contribution < -0.4 is 5.32 Å². The molecule has 0 radical (unpaired) electrons. The third-order valence-electron chi connectivity index (χ3n) is 5.99. The third-order valence-corrected chi connectivity index (χ3v) is 5.99. The average molecular weight is 428 g/mol. The van der Waals surface area contributed by atoms with Crippen molar-refractivity contribution in [1.82, 2.24) is 34.8 Å². The second kappa shape index (κ2) is 8.57. The lowest BCUT2D eigenvalue weighted by atomic mass is 9.95. The number of aryl methyl sites for hydroxylation is 1. The van der Waals surface area contributed by atoms with E-state index in [0.29, 0.717) is 5.92 Å². The molecule has 0 bridgehead atoms. The highest BCUT2D eigenvalue weighted by Gasteiger charge is 2.29. The lowest BCUT2D eigenvalue weighted by Crippen LogP contribution is -2.38. The van der Waals surface area contributed by atoms with Gasteiger partial charge in [0.1, 0.15) is 11.6 Å². The zero-order chi connectivity index (χ0) is 19.8. The molecule has 3 aromatic rings. The van der Waals surface area contributed by atoms with E-state index in [-0.39, 0.29) is 18.3 Å². The van der Waals surface area contributed by atoms with Gasteiger partial charge in [0.05, 0.1) is 12.2 Å². The Labute approximate surface area is 181 Å². The number of likely N-dealkylation sites (tertiary alicyclic amines) is 1. The standard InChI is InChI=1S/C21H25N7O.ClH/c1-15-6-9-23-28(15)18-4-2-17(3-5-18)21(29)26-11-7-16(8-12-26)20-25-24-19-14-22-10-13-27(19)20;/h2-6,9,16,22H,7-8,10-14H2,1H3;1H. The van der Waals surface area contributed by atoms with Crippen LogP contribution >= 0.6 is 12.4 Å². The summed E-state index contributed by atoms with van der Waals surface area (Å²) in [7, 11) is 0. The number of aromatic nitrogens is 5. The Bertz CT molecular complexity index is 1020. The van der Waals surface area contributed by atoms with E-state index >= 15 is 0 Å². The number of hydrogen-bond donors (Lipinski definition) is 1. The summed E-state index contributed by atoms with van der Waals surface area (Å²) in [6.45, 7) is 6.20. The van der Waals surface area contributed by atoms with Gasteiger partial charge in [0.25, 0.3) is 5.91 Å². The number of fused-ring (bicyclic) bond motifs is 1. The normalized spacial score (nSPS) is 16.8. The molecule has 8 nitrogen and oxygen atoms in total. The largest absolute Gasteiger partial charge is 0.339 e. The van der Waals surface area contributed by atoms with Crippen molar-refractivity contribution in [3.8, 4) is 5.69 Å². The number of rotatable bonds is 3. The van der Waals surface area contributed by atoms with E-state index in [0.717, 1.165) is 74.2 Å². The number of nitrogens with zero attached hydrogens (tertiary/aromatic N) is 6. The molecule has 158 valence electrons. The van der Waals surface area contributed by atoms with E-state index in [9.17, 15) is 4.79 Å². The number of amides is 1. The van der Waals surface area contributed by atoms with Gasteiger partial charge >= 0.3 is 0 Å². The van der Waals surface area contributed by atoms with Crippen molar-refractivity contribution in [2.75, 3.05) is 19.6 Å². The molecule has 0 atom stereocenters. The fourth-order valence-electron chi connectivity index (χ4n) is 4.33. The summed E-state index contributed by atoms with van der Waals surface area (Å²) < 4.78 is 4.13. The molecule has 0 saturated carbocycles. The summed E-state index contributed by atoms with van der Waals surface area (Å²) in [5.74, 6) is 2.59. The molecular formula is C21H26ClN7O. The van der Waals surface area contributed by atoms with Gasteiger partial charge < -0.3 is 14.8 Å². The first-order valence-electron chi connectivity index (χ1n) is 10.2. The highest BCUT2D eigenvalue weighted by molar-refractivity contribution is 5.94. The zero-order valence-electron chi connectivity index (χ0n) is 17.0. The van der Waals surface area contributed by atoms with Crippen LogP contribution in [0.15, 0.2) is 36.5 Å². The third kappa shape index (κ3) is 3.73. The van der Waals surface area contributed by atoms with Crippen molar-refractivity contribution in [2.45, 2.75) is 38.8 Å². The predicted molar refractivity (Wildman–Crippen MR) is 115 cm³/mol. The van der Waals surface area contributed by atoms with Gasteiger partial charge in [-0.25, -0.2) is 4.68 Å². The molecule has 1 N–H and O–H groups in total. The van der Waals surface area contributed by atoms with E-state index in [2.05, 4.69) is 25.2 Å². The van der Waals surface area contributed by atoms with Crippen LogP contribution in [0.5, 0.6) is 0 Å². The van der Waals surface area contributed by atoms with E-state index in [4.69, 9.17) is 0 Å². The number of carbonyl (C=O) groups is 1. The second-order valence-electron chi connectivity index (χ2n) is 7.80. The minimum absolute atomic E-state index is 0. The summed E-state index contributed by atoms with van der Waals surface area (Å²) in [6.07, 6.45) is 3.64. The molecule has 0 unspecified atom stereocenters. The molecule has 5 rings (SSSR count). The lowest BCUT2D eigenvalue weighted by molar-refractivity contribution is 0.0710. The molecule has 2 aliphatic rings. The number of piperidine rings is 1. The number of hydrogen-bond acceptors (Lipinski definition) is 5. The molecular weight excluding hydrogens is 402 g/mol. The van der Waals surface area contributed by atoms with Crippen molar-refractivity contribution in [3.63, 3.8) is 0 Å². The average Bonchev–Trinajstić information content (AvgIpc) is 3.40. The molecule has 1 amide bonds. The number of carbonyl (C=O) groups excluding carboxylic acids is 1. The number of benzene rings is 1. The van der Waals surface area contributed by atoms with Gasteiger partial charge in [-0.15, -0.1) is 22.6 Å². The highest BCUT2D eigenvalue weighted by Crippen LogP contribution is 2.28. The maximum absolute atomic E-state index is 13.0. The summed E-state index contributed by atoms with van der Waals surface area (Å²) in [6, 6.07) is 9.67. The second-order valence-corrected chi connectivity index (χ2v) is 7.80. The van der Waals surface area contributed by atoms with E-state index in [1.165, 1.54) is 0 Å². The Balaban J connectivity index is 0.00000218. The first kappa shape index (κ1) is 20.6. The SMILES string of the molecule is Cc1ccnn1-c1ccc(C(=O)N2CCC(c3nnc4n3CCNC4)CC2)cc1.Cl. The maximum Gasteiger partial charge on any atom is 0.253 e. The van der Waals surface area contributed by atoms with Crippen LogP contribution in [-0.2, 0) is 13.1 Å². The summed E-state index contributed by atoms with van der Waals surface area (Å²) in [5, 5.41) is 16.4. The van der Waals surface area contributed by atoms with E-state index in [1.807, 2.05) is 46.8 Å². The smallest absolute Gasteiger partial charge is 0.253 e. The lowest BCUT2D eigenvalue weighted by Gasteiger charge is -2.32. The Morgan fingerprint density at radius 1 is 1.07 bits per heavy atom. The topological polar surface area (TPSA) is 80.9 Å². The Kier molecular flexibility index (Phi) is 5.87. The van der Waals surface area contributed by atoms with Crippen LogP contribution in [0.25, 0.3) is 5.69 Å². The van der Waals surface area contributed by atoms with Gasteiger partial charge in [-0.3, -0.25) is 4.79 Å². The van der Waals surface area contributed by atoms with Gasteiger partial charge in [0, 0.05) is 49.6 Å². The monoisotopic (exact) mass is 427 g/mol. The molecule has 0 spiro atoms. The van der Waals surface area contributed by atoms with Crippen molar-refractivity contribution in [3.05, 3.63) is 59.4 Å². The molecule has 1 fully saturated rings. The minimum atomic E-state index is 0. The van der Waals surface area contributed by atoms with Crippen molar-refractivity contribution in [1.29, 1.82) is 0 Å². The number of halogens is 1. The minimum Gasteiger partial charge on any atom is -0.339 e. The first-order chi connectivity index (χ1) is 14.2. The molecule has 1 saturated heterocycles. The first-order valence-corrected chi connectivity index (χ1v) is 10.2. The van der Waals surface area contributed by atoms with E-state index < -0.39 is 0 Å². The fraction of sp³-hybridized carbons (Fsp3) is 0.429. The van der Waals surface area contributed by atoms with Crippen molar-refractivity contribution in [2.24, 2.45) is 0 Å². The highest BCUT2D eigenvalue weighted by atomic mass is 35.5. The fourth-order valence-corrected chi connectivity index (χ4v) is 4.33. The molecule has 9 heteroatoms. The molecule has 2 aromatic heterocycles. The van der Waals surface area contributed by atoms with Crippen LogP contribution in [0, 0.1) is 6.92 Å². The summed E-state index contributed by atoms with van der Waals surface area (Å²) in [4.78, 5) is 14.9. The molecule has 0 aliphatic carbocycles. The van der Waals surface area contributed by atoms with Crippen molar-refractivity contribution >= 4 is 18.3 Å². The van der Waals surface area contributed by atoms with Gasteiger partial charge in [-0.2, -0.15) is 5.10 Å². The molecule has 30 heavy (non-hydrogen) atoms. The maximum atomic E-state index is 13.0. The Hall–Kier alpha value is -2.71. The van der Waals surface area contributed by atoms with Gasteiger partial charge in [0.15, 0.2) is 0 Å². The summed E-state index contributed by atoms with van der Waals surface area (Å²) in [5.41, 5.74) is 2.76. The van der Waals surface area contributed by atoms with Gasteiger partial charge in [0.2, 0.25) is 0 Å². The van der Waals surface area contributed by atoms with Crippen molar-refractivity contribution < 1.29 is 4.79 Å². The molecule has 1 aromatic carbocycles. The number of nitrogens with one attached hydrogen (secondary N) is 1.